The molecule has 1 aromatic carbocycles. The molecule has 2 atom stereocenters. The van der Waals surface area contributed by atoms with Gasteiger partial charge < -0.3 is 10.1 Å². The molecule has 0 aliphatic heterocycles. The third-order valence-electron chi connectivity index (χ3n) is 6.03. The van der Waals surface area contributed by atoms with E-state index in [0.717, 1.165) is 37.4 Å². The largest absolute Gasteiger partial charge is 0.497 e. The number of nitrogens with zero attached hydrogens (tertiary/aromatic N) is 2. The van der Waals surface area contributed by atoms with Crippen LogP contribution in [0.15, 0.2) is 42.6 Å². The molecule has 1 saturated carbocycles. The maximum absolute atomic E-state index is 13.1. The summed E-state index contributed by atoms with van der Waals surface area (Å²) in [6.45, 7) is 1.84. The number of aryl methyl sites for hydroxylation is 1. The predicted molar refractivity (Wildman–Crippen MR) is 116 cm³/mol. The van der Waals surface area contributed by atoms with E-state index < -0.39 is 11.9 Å². The van der Waals surface area contributed by atoms with E-state index in [1.54, 1.807) is 37.4 Å². The lowest BCUT2D eigenvalue weighted by Crippen LogP contribution is -2.29. The first-order valence-electron chi connectivity index (χ1n) is 10.7. The molecule has 5 nitrogen and oxygen atoms in total. The summed E-state index contributed by atoms with van der Waals surface area (Å²) in [6.07, 6.45) is 0.621. The van der Waals surface area contributed by atoms with Gasteiger partial charge in [-0.25, -0.2) is 4.98 Å². The third-order valence-corrected chi connectivity index (χ3v) is 6.03. The van der Waals surface area contributed by atoms with Crippen LogP contribution in [0.1, 0.15) is 53.7 Å². The highest BCUT2D eigenvalue weighted by Crippen LogP contribution is 2.33. The highest BCUT2D eigenvalue weighted by Gasteiger charge is 2.34. The molecule has 3 aromatic rings. The van der Waals surface area contributed by atoms with Crippen LogP contribution in [0, 0.1) is 12.8 Å². The number of Topliss-reactive ketones (excluding diaryl/α,β-unsaturated/α-hetero) is 1. The van der Waals surface area contributed by atoms with Gasteiger partial charge in [-0.1, -0.05) is 6.42 Å². The van der Waals surface area contributed by atoms with Crippen LogP contribution < -0.4 is 10.1 Å². The topological polar surface area (TPSA) is 55.6 Å². The lowest BCUT2D eigenvalue weighted by Gasteiger charge is -2.30. The van der Waals surface area contributed by atoms with Gasteiger partial charge in [-0.3, -0.25) is 9.20 Å². The summed E-state index contributed by atoms with van der Waals surface area (Å²) in [6, 6.07) is 10.7. The summed E-state index contributed by atoms with van der Waals surface area (Å²) in [5.74, 6) is 1.63. The number of rotatable bonds is 6. The van der Waals surface area contributed by atoms with Crippen molar-refractivity contribution in [3.63, 3.8) is 0 Å². The molecule has 2 heterocycles. The Bertz CT molecular complexity index is 1110. The van der Waals surface area contributed by atoms with E-state index in [1.165, 1.54) is 4.40 Å². The molecule has 0 bridgehead atoms. The zero-order valence-corrected chi connectivity index (χ0v) is 18.1. The molecular formula is C24H26F3N3O2. The van der Waals surface area contributed by atoms with Gasteiger partial charge in [0.1, 0.15) is 17.2 Å². The number of fused-ring (bicyclic) bond motifs is 1. The predicted octanol–water partition coefficient (Wildman–Crippen LogP) is 5.91. The number of pyridine rings is 1. The summed E-state index contributed by atoms with van der Waals surface area (Å²) < 4.78 is 46.0. The Kier molecular flexibility index (Phi) is 6.13. The Morgan fingerprint density at radius 1 is 1.22 bits per heavy atom. The molecule has 170 valence electrons. The van der Waals surface area contributed by atoms with Crippen LogP contribution >= 0.6 is 0 Å². The first kappa shape index (κ1) is 22.2. The van der Waals surface area contributed by atoms with E-state index in [-0.39, 0.29) is 23.4 Å². The maximum Gasteiger partial charge on any atom is 0.434 e. The van der Waals surface area contributed by atoms with Crippen LogP contribution in [0.5, 0.6) is 5.75 Å². The highest BCUT2D eigenvalue weighted by molar-refractivity contribution is 5.96. The van der Waals surface area contributed by atoms with Crippen molar-refractivity contribution in [1.82, 2.24) is 9.38 Å². The first-order valence-corrected chi connectivity index (χ1v) is 10.7. The lowest BCUT2D eigenvalue weighted by atomic mass is 9.82. The summed E-state index contributed by atoms with van der Waals surface area (Å²) in [4.78, 5) is 16.5. The van der Waals surface area contributed by atoms with Crippen molar-refractivity contribution in [2.24, 2.45) is 5.92 Å². The zero-order chi connectivity index (χ0) is 22.9. The third kappa shape index (κ3) is 4.89. The fraction of sp³-hybridized carbons (Fsp3) is 0.417. The van der Waals surface area contributed by atoms with Gasteiger partial charge in [0.05, 0.1) is 7.11 Å². The minimum Gasteiger partial charge on any atom is -0.497 e. The van der Waals surface area contributed by atoms with Crippen LogP contribution in [0.2, 0.25) is 0 Å². The normalized spacial score (nSPS) is 19.2. The van der Waals surface area contributed by atoms with Crippen molar-refractivity contribution >= 4 is 17.2 Å². The van der Waals surface area contributed by atoms with Crippen LogP contribution in [-0.2, 0) is 6.18 Å². The van der Waals surface area contributed by atoms with E-state index in [2.05, 4.69) is 10.3 Å². The summed E-state index contributed by atoms with van der Waals surface area (Å²) >= 11 is 0. The highest BCUT2D eigenvalue weighted by atomic mass is 19.4. The number of nitrogens with one attached hydrogen (secondary N) is 1. The van der Waals surface area contributed by atoms with Gasteiger partial charge in [0.25, 0.3) is 0 Å². The molecule has 0 unspecified atom stereocenters. The standard InChI is InChI=1S/C24H26F3N3O2/c1-15-10-22(30-14-21(24(25,26)27)29-23(30)11-15)28-18-5-3-4-16(12-18)13-20(31)17-6-8-19(32-2)9-7-17/h6-11,14,16,18,28H,3-5,12-13H2,1-2H3/t16-,18+/m1/s1. The van der Waals surface area contributed by atoms with Crippen LogP contribution in [-0.4, -0.2) is 28.3 Å². The number of benzene rings is 1. The van der Waals surface area contributed by atoms with E-state index in [4.69, 9.17) is 4.74 Å². The lowest BCUT2D eigenvalue weighted by molar-refractivity contribution is -0.140. The summed E-state index contributed by atoms with van der Waals surface area (Å²) in [7, 11) is 1.59. The van der Waals surface area contributed by atoms with E-state index in [9.17, 15) is 18.0 Å². The Hall–Kier alpha value is -3.03. The monoisotopic (exact) mass is 445 g/mol. The number of anilines is 1. The average Bonchev–Trinajstić information content (AvgIpc) is 3.19. The van der Waals surface area contributed by atoms with Gasteiger partial charge in [-0.05, 0) is 74.1 Å². The number of ether oxygens (including phenoxy) is 1. The first-order chi connectivity index (χ1) is 15.2. The second-order valence-corrected chi connectivity index (χ2v) is 8.50. The van der Waals surface area contributed by atoms with Crippen molar-refractivity contribution in [3.8, 4) is 5.75 Å². The number of carbonyl (C=O) groups excluding carboxylic acids is 1. The van der Waals surface area contributed by atoms with Gasteiger partial charge in [0.15, 0.2) is 11.5 Å². The SMILES string of the molecule is COc1ccc(C(=O)C[C@@H]2CCC[C@H](Nc3cc(C)cc4nc(C(F)(F)F)cn34)C2)cc1. The van der Waals surface area contributed by atoms with Crippen molar-refractivity contribution in [2.45, 2.75) is 51.2 Å². The fourth-order valence-corrected chi connectivity index (χ4v) is 4.44. The average molecular weight is 445 g/mol. The number of imidazole rings is 1. The Balaban J connectivity index is 1.46. The fourth-order valence-electron chi connectivity index (χ4n) is 4.44. The number of halogens is 3. The van der Waals surface area contributed by atoms with Crippen LogP contribution in [0.3, 0.4) is 0 Å². The molecule has 4 rings (SSSR count). The van der Waals surface area contributed by atoms with Gasteiger partial charge >= 0.3 is 6.18 Å². The number of hydrogen-bond donors (Lipinski definition) is 1. The molecule has 0 radical (unpaired) electrons. The summed E-state index contributed by atoms with van der Waals surface area (Å²) in [5, 5.41) is 3.42. The maximum atomic E-state index is 13.1. The number of ketones is 1. The van der Waals surface area contributed by atoms with Gasteiger partial charge in [0, 0.05) is 24.2 Å². The van der Waals surface area contributed by atoms with Gasteiger partial charge in [-0.15, -0.1) is 0 Å². The van der Waals surface area contributed by atoms with Crippen molar-refractivity contribution in [2.75, 3.05) is 12.4 Å². The van der Waals surface area contributed by atoms with E-state index in [0.29, 0.717) is 23.6 Å². The summed E-state index contributed by atoms with van der Waals surface area (Å²) in [5.41, 5.74) is 0.861. The smallest absolute Gasteiger partial charge is 0.434 e. The quantitative estimate of drug-likeness (QED) is 0.479. The van der Waals surface area contributed by atoms with Crippen molar-refractivity contribution in [1.29, 1.82) is 0 Å². The number of methoxy groups -OCH3 is 1. The molecule has 1 aliphatic rings. The molecular weight excluding hydrogens is 419 g/mol. The molecule has 1 aliphatic carbocycles. The molecule has 32 heavy (non-hydrogen) atoms. The minimum absolute atomic E-state index is 0.0826. The number of carbonyl (C=O) groups is 1. The Morgan fingerprint density at radius 3 is 2.66 bits per heavy atom. The van der Waals surface area contributed by atoms with Gasteiger partial charge in [-0.2, -0.15) is 13.2 Å². The van der Waals surface area contributed by atoms with E-state index >= 15 is 0 Å². The molecule has 8 heteroatoms. The number of hydrogen-bond acceptors (Lipinski definition) is 4. The number of aromatic nitrogens is 2. The van der Waals surface area contributed by atoms with Crippen LogP contribution in [0.4, 0.5) is 19.0 Å². The molecule has 0 saturated heterocycles. The molecule has 2 aromatic heterocycles. The van der Waals surface area contributed by atoms with E-state index in [1.807, 2.05) is 13.0 Å². The second-order valence-electron chi connectivity index (χ2n) is 8.50. The van der Waals surface area contributed by atoms with Gasteiger partial charge in [0.2, 0.25) is 0 Å². The molecule has 1 fully saturated rings. The Morgan fingerprint density at radius 2 is 1.97 bits per heavy atom. The number of alkyl halides is 3. The van der Waals surface area contributed by atoms with Crippen molar-refractivity contribution in [3.05, 3.63) is 59.4 Å². The second kappa shape index (κ2) is 8.84. The molecule has 1 N–H and O–H groups in total. The van der Waals surface area contributed by atoms with Crippen molar-refractivity contribution < 1.29 is 22.7 Å². The zero-order valence-electron chi connectivity index (χ0n) is 18.1. The Labute approximate surface area is 184 Å². The van der Waals surface area contributed by atoms with Crippen LogP contribution in [0.25, 0.3) is 5.65 Å². The molecule has 0 spiro atoms. The minimum atomic E-state index is -4.49. The molecule has 0 amide bonds.